The molecule has 0 atom stereocenters. The summed E-state index contributed by atoms with van der Waals surface area (Å²) in [6.45, 7) is 0. The van der Waals surface area contributed by atoms with Gasteiger partial charge in [0.05, 0.1) is 0 Å². The molecule has 0 fully saturated rings. The molecule has 8 aromatic carbocycles. The summed E-state index contributed by atoms with van der Waals surface area (Å²) in [6, 6.07) is 65.3. The van der Waals surface area contributed by atoms with E-state index in [4.69, 9.17) is 19.4 Å². The molecule has 2 aromatic heterocycles. The molecule has 0 aliphatic rings. The van der Waals surface area contributed by atoms with Crippen LogP contribution in [0.3, 0.4) is 0 Å². The molecule has 248 valence electrons. The van der Waals surface area contributed by atoms with E-state index in [1.807, 2.05) is 24.3 Å². The van der Waals surface area contributed by atoms with Crippen LogP contribution in [-0.4, -0.2) is 15.0 Å². The third-order valence-corrected chi connectivity index (χ3v) is 9.97. The van der Waals surface area contributed by atoms with Gasteiger partial charge in [-0.25, -0.2) is 15.0 Å². The quantitative estimate of drug-likeness (QED) is 0.176. The zero-order valence-electron chi connectivity index (χ0n) is 28.6. The summed E-state index contributed by atoms with van der Waals surface area (Å²) in [5.74, 6) is 1.87. The fourth-order valence-corrected chi connectivity index (χ4v) is 7.10. The van der Waals surface area contributed by atoms with Crippen molar-refractivity contribution in [3.8, 4) is 67.5 Å². The molecule has 53 heavy (non-hydrogen) atoms. The lowest BCUT2D eigenvalue weighted by molar-refractivity contribution is 0.669. The van der Waals surface area contributed by atoms with Crippen LogP contribution in [0.2, 0.25) is 0 Å². The molecule has 0 N–H and O–H groups in total. The average molecular weight is 678 g/mol. The van der Waals surface area contributed by atoms with E-state index in [0.717, 1.165) is 60.9 Å². The van der Waals surface area contributed by atoms with Crippen molar-refractivity contribution >= 4 is 32.7 Å². The molecule has 0 bridgehead atoms. The van der Waals surface area contributed by atoms with Crippen molar-refractivity contribution in [1.82, 2.24) is 15.0 Å². The second-order valence-corrected chi connectivity index (χ2v) is 13.3. The molecule has 4 heteroatoms. The average Bonchev–Trinajstić information content (AvgIpc) is 3.62. The summed E-state index contributed by atoms with van der Waals surface area (Å²) in [5, 5.41) is 4.70. The molecule has 0 aliphatic heterocycles. The number of fused-ring (bicyclic) bond motifs is 4. The summed E-state index contributed by atoms with van der Waals surface area (Å²) in [7, 11) is 0. The maximum atomic E-state index is 6.17. The number of furan rings is 1. The maximum Gasteiger partial charge on any atom is 0.164 e. The molecular weight excluding hydrogens is 647 g/mol. The van der Waals surface area contributed by atoms with Crippen LogP contribution in [0, 0.1) is 0 Å². The number of rotatable bonds is 6. The first-order valence-electron chi connectivity index (χ1n) is 17.8. The van der Waals surface area contributed by atoms with Crippen molar-refractivity contribution in [2.24, 2.45) is 0 Å². The van der Waals surface area contributed by atoms with E-state index < -0.39 is 0 Å². The summed E-state index contributed by atoms with van der Waals surface area (Å²) in [4.78, 5) is 15.1. The minimum atomic E-state index is 0.620. The van der Waals surface area contributed by atoms with Crippen LogP contribution in [0.1, 0.15) is 0 Å². The highest BCUT2D eigenvalue weighted by atomic mass is 16.3. The van der Waals surface area contributed by atoms with E-state index in [-0.39, 0.29) is 0 Å². The summed E-state index contributed by atoms with van der Waals surface area (Å²) in [6.07, 6.45) is 0. The van der Waals surface area contributed by atoms with Gasteiger partial charge in [-0.1, -0.05) is 164 Å². The van der Waals surface area contributed by atoms with E-state index in [0.29, 0.717) is 17.5 Å². The van der Waals surface area contributed by atoms with Crippen LogP contribution in [0.5, 0.6) is 0 Å². The van der Waals surface area contributed by atoms with Gasteiger partial charge in [0.25, 0.3) is 0 Å². The highest BCUT2D eigenvalue weighted by Crippen LogP contribution is 2.34. The third kappa shape index (κ3) is 5.82. The summed E-state index contributed by atoms with van der Waals surface area (Å²) >= 11 is 0. The zero-order chi connectivity index (χ0) is 35.1. The Balaban J connectivity index is 1.02. The van der Waals surface area contributed by atoms with Crippen LogP contribution in [-0.2, 0) is 0 Å². The first-order valence-corrected chi connectivity index (χ1v) is 17.8. The first kappa shape index (κ1) is 30.6. The number of hydrogen-bond acceptors (Lipinski definition) is 4. The van der Waals surface area contributed by atoms with Gasteiger partial charge >= 0.3 is 0 Å². The number of aromatic nitrogens is 3. The van der Waals surface area contributed by atoms with Crippen LogP contribution >= 0.6 is 0 Å². The highest BCUT2D eigenvalue weighted by molar-refractivity contribution is 6.05. The van der Waals surface area contributed by atoms with E-state index >= 15 is 0 Å². The Kier molecular flexibility index (Phi) is 7.43. The molecule has 10 aromatic rings. The second-order valence-electron chi connectivity index (χ2n) is 13.3. The van der Waals surface area contributed by atoms with Crippen LogP contribution in [0.25, 0.3) is 100 Å². The molecular formula is C49H31N3O. The minimum Gasteiger partial charge on any atom is -0.456 e. The summed E-state index contributed by atoms with van der Waals surface area (Å²) in [5.41, 5.74) is 11.3. The maximum absolute atomic E-state index is 6.17. The Morgan fingerprint density at radius 2 is 0.679 bits per heavy atom. The highest BCUT2D eigenvalue weighted by Gasteiger charge is 2.14. The van der Waals surface area contributed by atoms with Crippen molar-refractivity contribution < 1.29 is 4.42 Å². The van der Waals surface area contributed by atoms with E-state index in [2.05, 4.69) is 164 Å². The monoisotopic (exact) mass is 677 g/mol. The molecule has 10 rings (SSSR count). The van der Waals surface area contributed by atoms with E-state index in [1.165, 1.54) is 21.9 Å². The molecule has 0 unspecified atom stereocenters. The first-order chi connectivity index (χ1) is 26.2. The fraction of sp³-hybridized carbons (Fsp3) is 0. The zero-order valence-corrected chi connectivity index (χ0v) is 28.6. The number of hydrogen-bond donors (Lipinski definition) is 0. The molecule has 0 radical (unpaired) electrons. The van der Waals surface area contributed by atoms with Crippen molar-refractivity contribution in [2.45, 2.75) is 0 Å². The topological polar surface area (TPSA) is 51.8 Å². The second kappa shape index (κ2) is 12.9. The van der Waals surface area contributed by atoms with Crippen LogP contribution < -0.4 is 0 Å². The van der Waals surface area contributed by atoms with Crippen molar-refractivity contribution in [2.75, 3.05) is 0 Å². The normalized spacial score (nSPS) is 11.4. The predicted molar refractivity (Wildman–Crippen MR) is 217 cm³/mol. The Labute approximate surface area is 306 Å². The lowest BCUT2D eigenvalue weighted by Gasteiger charge is -2.10. The number of benzene rings is 8. The molecule has 4 nitrogen and oxygen atoms in total. The molecule has 0 spiro atoms. The number of para-hydroxylation sites is 1. The third-order valence-electron chi connectivity index (χ3n) is 9.97. The number of nitrogens with zero attached hydrogens (tertiary/aromatic N) is 3. The fourth-order valence-electron chi connectivity index (χ4n) is 7.10. The largest absolute Gasteiger partial charge is 0.456 e. The van der Waals surface area contributed by atoms with Gasteiger partial charge in [0.15, 0.2) is 17.5 Å². The van der Waals surface area contributed by atoms with E-state index in [9.17, 15) is 0 Å². The van der Waals surface area contributed by atoms with Gasteiger partial charge in [0.1, 0.15) is 11.2 Å². The standard InChI is InChI=1S/C49H31N3O/c1-2-8-32(9-3-1)34-14-21-37(22-15-34)47-50-48(38-23-16-35(17-24-38)41-27-20-33-10-4-5-11-40(33)30-41)52-49(51-47)39-25-18-36(19-26-39)42-28-29-44-43-12-6-7-13-45(43)53-46(44)31-42/h1-31H. The van der Waals surface area contributed by atoms with Gasteiger partial charge in [-0.15, -0.1) is 0 Å². The van der Waals surface area contributed by atoms with Crippen molar-refractivity contribution in [1.29, 1.82) is 0 Å². The van der Waals surface area contributed by atoms with Gasteiger partial charge in [-0.05, 0) is 68.4 Å². The molecule has 0 saturated carbocycles. The van der Waals surface area contributed by atoms with Crippen molar-refractivity contribution in [3.05, 3.63) is 188 Å². The van der Waals surface area contributed by atoms with E-state index in [1.54, 1.807) is 0 Å². The van der Waals surface area contributed by atoms with Gasteiger partial charge < -0.3 is 4.42 Å². The van der Waals surface area contributed by atoms with Crippen LogP contribution in [0.15, 0.2) is 192 Å². The smallest absolute Gasteiger partial charge is 0.164 e. The van der Waals surface area contributed by atoms with Crippen molar-refractivity contribution in [3.63, 3.8) is 0 Å². The Hall–Kier alpha value is -7.17. The Morgan fingerprint density at radius 3 is 1.30 bits per heavy atom. The molecule has 0 saturated heterocycles. The summed E-state index contributed by atoms with van der Waals surface area (Å²) < 4.78 is 6.17. The molecule has 2 heterocycles. The SMILES string of the molecule is c1ccc(-c2ccc(-c3nc(-c4ccc(-c5ccc6ccccc6c5)cc4)nc(-c4ccc(-c5ccc6c(c5)oc5ccccc56)cc4)n3)cc2)cc1. The Morgan fingerprint density at radius 1 is 0.264 bits per heavy atom. The van der Waals surface area contributed by atoms with Crippen LogP contribution in [0.4, 0.5) is 0 Å². The molecule has 0 amide bonds. The predicted octanol–water partition coefficient (Wildman–Crippen LogP) is 12.9. The van der Waals surface area contributed by atoms with Gasteiger partial charge in [0.2, 0.25) is 0 Å². The molecule has 0 aliphatic carbocycles. The minimum absolute atomic E-state index is 0.620. The van der Waals surface area contributed by atoms with Gasteiger partial charge in [-0.3, -0.25) is 0 Å². The Bertz CT molecular complexity index is 2910. The lowest BCUT2D eigenvalue weighted by atomic mass is 10.00. The van der Waals surface area contributed by atoms with Gasteiger partial charge in [0, 0.05) is 27.5 Å². The lowest BCUT2D eigenvalue weighted by Crippen LogP contribution is -2.00. The van der Waals surface area contributed by atoms with Gasteiger partial charge in [-0.2, -0.15) is 0 Å².